The summed E-state index contributed by atoms with van der Waals surface area (Å²) in [6.45, 7) is 0. The van der Waals surface area contributed by atoms with E-state index in [0.717, 1.165) is 0 Å². The van der Waals surface area contributed by atoms with E-state index in [1.165, 1.54) is 25.4 Å². The number of pyridine rings is 1. The van der Waals surface area contributed by atoms with Gasteiger partial charge in [-0.05, 0) is 17.6 Å². The van der Waals surface area contributed by atoms with Crippen molar-refractivity contribution in [2.75, 3.05) is 7.05 Å². The van der Waals surface area contributed by atoms with E-state index in [1.807, 2.05) is 0 Å². The first kappa shape index (κ1) is 9.69. The molecule has 1 rings (SSSR count). The molecule has 0 bridgehead atoms. The van der Waals surface area contributed by atoms with Crippen LogP contribution in [0, 0.1) is 0 Å². The van der Waals surface area contributed by atoms with E-state index in [-0.39, 0.29) is 17.1 Å². The van der Waals surface area contributed by atoms with Gasteiger partial charge in [-0.2, -0.15) is 0 Å². The van der Waals surface area contributed by atoms with Gasteiger partial charge in [-0.25, -0.2) is 0 Å². The predicted octanol–water partition coefficient (Wildman–Crippen LogP) is -1.88. The normalized spacial score (nSPS) is 9.46. The molecule has 13 heavy (non-hydrogen) atoms. The Hall–Kier alpha value is -1.40. The van der Waals surface area contributed by atoms with Gasteiger partial charge in [0.2, 0.25) is 0 Å². The fourth-order valence-corrected chi connectivity index (χ4v) is 0.860. The molecule has 0 aliphatic carbocycles. The van der Waals surface area contributed by atoms with Crippen LogP contribution in [0.4, 0.5) is 0 Å². The molecule has 0 spiro atoms. The number of carbonyl (C=O) groups excluding carboxylic acids is 1. The molecule has 0 radical (unpaired) electrons. The standard InChI is InChI=1S/C7H9BN2O3/c1-9-7(11)6-4-5(8(12)13)2-3-10-6/h2-4,12-13H,1H3,(H,9,11). The minimum absolute atomic E-state index is 0.160. The lowest BCUT2D eigenvalue weighted by Crippen LogP contribution is -2.31. The third kappa shape index (κ3) is 2.27. The molecule has 0 aromatic carbocycles. The highest BCUT2D eigenvalue weighted by atomic mass is 16.4. The Balaban J connectivity index is 2.98. The highest BCUT2D eigenvalue weighted by Gasteiger charge is 2.13. The van der Waals surface area contributed by atoms with Crippen LogP contribution in [0.3, 0.4) is 0 Å². The van der Waals surface area contributed by atoms with Gasteiger partial charge in [0, 0.05) is 13.2 Å². The van der Waals surface area contributed by atoms with Crippen molar-refractivity contribution in [3.63, 3.8) is 0 Å². The van der Waals surface area contributed by atoms with Gasteiger partial charge >= 0.3 is 7.12 Å². The van der Waals surface area contributed by atoms with Gasteiger partial charge in [-0.3, -0.25) is 9.78 Å². The first-order valence-electron chi connectivity index (χ1n) is 3.69. The number of aromatic nitrogens is 1. The Morgan fingerprint density at radius 2 is 2.31 bits per heavy atom. The summed E-state index contributed by atoms with van der Waals surface area (Å²) in [6, 6.07) is 2.75. The molecule has 1 amide bonds. The minimum atomic E-state index is -1.58. The molecule has 0 aliphatic rings. The molecular weight excluding hydrogens is 171 g/mol. The highest BCUT2D eigenvalue weighted by molar-refractivity contribution is 6.58. The first-order chi connectivity index (χ1) is 6.15. The summed E-state index contributed by atoms with van der Waals surface area (Å²) in [5.41, 5.74) is 0.404. The Morgan fingerprint density at radius 1 is 1.62 bits per heavy atom. The lowest BCUT2D eigenvalue weighted by molar-refractivity contribution is 0.0958. The molecule has 0 atom stereocenters. The number of carbonyl (C=O) groups is 1. The zero-order valence-corrected chi connectivity index (χ0v) is 7.06. The maximum Gasteiger partial charge on any atom is 0.488 e. The van der Waals surface area contributed by atoms with Crippen LogP contribution in [-0.4, -0.2) is 35.1 Å². The molecule has 3 N–H and O–H groups in total. The largest absolute Gasteiger partial charge is 0.488 e. The number of nitrogens with one attached hydrogen (secondary N) is 1. The van der Waals surface area contributed by atoms with Gasteiger partial charge in [0.1, 0.15) is 5.69 Å². The SMILES string of the molecule is CNC(=O)c1cc(B(O)O)ccn1. The van der Waals surface area contributed by atoms with Crippen LogP contribution in [0.5, 0.6) is 0 Å². The molecular formula is C7H9BN2O3. The van der Waals surface area contributed by atoms with Crippen LogP contribution in [0.25, 0.3) is 0 Å². The van der Waals surface area contributed by atoms with Gasteiger partial charge in [-0.15, -0.1) is 0 Å². The van der Waals surface area contributed by atoms with E-state index < -0.39 is 7.12 Å². The molecule has 0 aliphatic heterocycles. The number of rotatable bonds is 2. The summed E-state index contributed by atoms with van der Waals surface area (Å²) in [5, 5.41) is 20.0. The summed E-state index contributed by atoms with van der Waals surface area (Å²) < 4.78 is 0. The molecule has 68 valence electrons. The van der Waals surface area contributed by atoms with Crippen LogP contribution >= 0.6 is 0 Å². The summed E-state index contributed by atoms with van der Waals surface area (Å²) in [7, 11) is -0.0992. The van der Waals surface area contributed by atoms with Crippen molar-refractivity contribution in [3.05, 3.63) is 24.0 Å². The molecule has 0 unspecified atom stereocenters. The Morgan fingerprint density at radius 3 is 2.85 bits per heavy atom. The second-order valence-electron chi connectivity index (χ2n) is 2.43. The van der Waals surface area contributed by atoms with Crippen LogP contribution in [0.15, 0.2) is 18.3 Å². The van der Waals surface area contributed by atoms with Crippen LogP contribution in [0.2, 0.25) is 0 Å². The first-order valence-corrected chi connectivity index (χ1v) is 3.69. The Kier molecular flexibility index (Phi) is 3.00. The van der Waals surface area contributed by atoms with Crippen molar-refractivity contribution >= 4 is 18.5 Å². The number of nitrogens with zero attached hydrogens (tertiary/aromatic N) is 1. The molecule has 6 heteroatoms. The summed E-state index contributed by atoms with van der Waals surface area (Å²) >= 11 is 0. The van der Waals surface area contributed by atoms with Gasteiger partial charge in [-0.1, -0.05) is 0 Å². The lowest BCUT2D eigenvalue weighted by Gasteiger charge is -2.01. The summed E-state index contributed by atoms with van der Waals surface area (Å²) in [6.07, 6.45) is 1.35. The molecule has 1 heterocycles. The average Bonchev–Trinajstić information content (AvgIpc) is 2.17. The molecule has 5 nitrogen and oxygen atoms in total. The fourth-order valence-electron chi connectivity index (χ4n) is 0.860. The van der Waals surface area contributed by atoms with E-state index in [1.54, 1.807) is 0 Å². The van der Waals surface area contributed by atoms with Crippen molar-refractivity contribution in [1.29, 1.82) is 0 Å². The fraction of sp³-hybridized carbons (Fsp3) is 0.143. The van der Waals surface area contributed by atoms with Crippen molar-refractivity contribution in [2.45, 2.75) is 0 Å². The quantitative estimate of drug-likeness (QED) is 0.465. The molecule has 0 saturated heterocycles. The average molecular weight is 180 g/mol. The summed E-state index contributed by atoms with van der Waals surface area (Å²) in [5.74, 6) is -0.359. The Labute approximate surface area is 75.6 Å². The zero-order chi connectivity index (χ0) is 9.84. The maximum absolute atomic E-state index is 11.1. The second kappa shape index (κ2) is 4.02. The van der Waals surface area contributed by atoms with E-state index >= 15 is 0 Å². The van der Waals surface area contributed by atoms with E-state index in [9.17, 15) is 4.79 Å². The predicted molar refractivity (Wildman–Crippen MR) is 47.5 cm³/mol. The van der Waals surface area contributed by atoms with E-state index in [4.69, 9.17) is 10.0 Å². The highest BCUT2D eigenvalue weighted by Crippen LogP contribution is 1.91. The summed E-state index contributed by atoms with van der Waals surface area (Å²) in [4.78, 5) is 14.8. The minimum Gasteiger partial charge on any atom is -0.423 e. The third-order valence-electron chi connectivity index (χ3n) is 1.54. The van der Waals surface area contributed by atoms with E-state index in [0.29, 0.717) is 0 Å². The van der Waals surface area contributed by atoms with Crippen molar-refractivity contribution < 1.29 is 14.8 Å². The smallest absolute Gasteiger partial charge is 0.423 e. The van der Waals surface area contributed by atoms with Gasteiger partial charge < -0.3 is 15.4 Å². The Bertz CT molecular complexity index is 316. The number of hydrogen-bond acceptors (Lipinski definition) is 4. The molecule has 0 fully saturated rings. The monoisotopic (exact) mass is 180 g/mol. The van der Waals surface area contributed by atoms with Crippen molar-refractivity contribution in [3.8, 4) is 0 Å². The zero-order valence-electron chi connectivity index (χ0n) is 7.06. The number of amides is 1. The van der Waals surface area contributed by atoms with Crippen molar-refractivity contribution in [2.24, 2.45) is 0 Å². The molecule has 0 saturated carbocycles. The second-order valence-corrected chi connectivity index (χ2v) is 2.43. The number of hydrogen-bond donors (Lipinski definition) is 3. The molecule has 1 aromatic rings. The van der Waals surface area contributed by atoms with Crippen LogP contribution < -0.4 is 10.8 Å². The topological polar surface area (TPSA) is 82.5 Å². The maximum atomic E-state index is 11.1. The van der Waals surface area contributed by atoms with Crippen molar-refractivity contribution in [1.82, 2.24) is 10.3 Å². The third-order valence-corrected chi connectivity index (χ3v) is 1.54. The van der Waals surface area contributed by atoms with Gasteiger partial charge in [0.05, 0.1) is 0 Å². The van der Waals surface area contributed by atoms with Gasteiger partial charge in [0.25, 0.3) is 5.91 Å². The molecule has 1 aromatic heterocycles. The van der Waals surface area contributed by atoms with E-state index in [2.05, 4.69) is 10.3 Å². The lowest BCUT2D eigenvalue weighted by atomic mass is 9.80. The van der Waals surface area contributed by atoms with Crippen LogP contribution in [-0.2, 0) is 0 Å². The van der Waals surface area contributed by atoms with Crippen LogP contribution in [0.1, 0.15) is 10.5 Å². The van der Waals surface area contributed by atoms with Gasteiger partial charge in [0.15, 0.2) is 0 Å².